The molecule has 4 heteroatoms. The van der Waals surface area contributed by atoms with Gasteiger partial charge >= 0.3 is 0 Å². The van der Waals surface area contributed by atoms with Crippen LogP contribution in [0, 0.1) is 0 Å². The van der Waals surface area contributed by atoms with E-state index in [2.05, 4.69) is 10.3 Å². The third-order valence-electron chi connectivity index (χ3n) is 3.44. The third kappa shape index (κ3) is 2.20. The van der Waals surface area contributed by atoms with E-state index in [0.717, 1.165) is 24.1 Å². The molecule has 1 heterocycles. The van der Waals surface area contributed by atoms with Gasteiger partial charge in [0.1, 0.15) is 0 Å². The SMILES string of the molecule is CC(=O)Nc1ccc2c(c1)C(=O)c1cccnc1CC2. The molecular weight excluding hydrogens is 252 g/mol. The smallest absolute Gasteiger partial charge is 0.221 e. The number of rotatable bonds is 1. The molecule has 0 spiro atoms. The van der Waals surface area contributed by atoms with Crippen LogP contribution in [-0.4, -0.2) is 16.7 Å². The summed E-state index contributed by atoms with van der Waals surface area (Å²) in [6.45, 7) is 1.45. The molecule has 0 atom stereocenters. The molecule has 0 unspecified atom stereocenters. The van der Waals surface area contributed by atoms with Crippen LogP contribution in [0.5, 0.6) is 0 Å². The lowest BCUT2D eigenvalue weighted by atomic mass is 9.99. The molecule has 1 aliphatic rings. The largest absolute Gasteiger partial charge is 0.326 e. The van der Waals surface area contributed by atoms with Crippen LogP contribution in [0.3, 0.4) is 0 Å². The average molecular weight is 266 g/mol. The molecule has 1 aromatic heterocycles. The van der Waals surface area contributed by atoms with Gasteiger partial charge in [-0.25, -0.2) is 0 Å². The van der Waals surface area contributed by atoms with E-state index in [1.807, 2.05) is 18.2 Å². The Labute approximate surface area is 116 Å². The number of nitrogens with one attached hydrogen (secondary N) is 1. The highest BCUT2D eigenvalue weighted by molar-refractivity contribution is 6.11. The summed E-state index contributed by atoms with van der Waals surface area (Å²) < 4.78 is 0. The Morgan fingerprint density at radius 2 is 2.05 bits per heavy atom. The Morgan fingerprint density at radius 1 is 1.20 bits per heavy atom. The molecule has 0 aliphatic heterocycles. The lowest BCUT2D eigenvalue weighted by molar-refractivity contribution is -0.114. The normalized spacial score (nSPS) is 13.2. The number of fused-ring (bicyclic) bond motifs is 2. The van der Waals surface area contributed by atoms with E-state index in [0.29, 0.717) is 16.8 Å². The molecule has 20 heavy (non-hydrogen) atoms. The highest BCUT2D eigenvalue weighted by atomic mass is 16.1. The quantitative estimate of drug-likeness (QED) is 0.862. The first kappa shape index (κ1) is 12.5. The van der Waals surface area contributed by atoms with E-state index in [-0.39, 0.29) is 11.7 Å². The third-order valence-corrected chi connectivity index (χ3v) is 3.44. The number of carbonyl (C=O) groups excluding carboxylic acids is 2. The number of ketones is 1. The van der Waals surface area contributed by atoms with E-state index in [1.165, 1.54) is 6.92 Å². The van der Waals surface area contributed by atoms with Crippen molar-refractivity contribution in [3.63, 3.8) is 0 Å². The van der Waals surface area contributed by atoms with E-state index >= 15 is 0 Å². The number of hydrogen-bond donors (Lipinski definition) is 1. The summed E-state index contributed by atoms with van der Waals surface area (Å²) >= 11 is 0. The number of nitrogens with zero attached hydrogens (tertiary/aromatic N) is 1. The zero-order valence-electron chi connectivity index (χ0n) is 11.1. The van der Waals surface area contributed by atoms with Crippen LogP contribution >= 0.6 is 0 Å². The number of pyridine rings is 1. The molecule has 100 valence electrons. The fourth-order valence-corrected chi connectivity index (χ4v) is 2.53. The lowest BCUT2D eigenvalue weighted by Gasteiger charge is -2.08. The molecule has 4 nitrogen and oxygen atoms in total. The Morgan fingerprint density at radius 3 is 2.85 bits per heavy atom. The second kappa shape index (κ2) is 4.89. The van der Waals surface area contributed by atoms with Crippen molar-refractivity contribution < 1.29 is 9.59 Å². The summed E-state index contributed by atoms with van der Waals surface area (Å²) in [5, 5.41) is 2.71. The molecule has 0 saturated carbocycles. The number of aryl methyl sites for hydroxylation is 2. The first-order valence-corrected chi connectivity index (χ1v) is 6.54. The fraction of sp³-hybridized carbons (Fsp3) is 0.188. The van der Waals surface area contributed by atoms with Crippen molar-refractivity contribution in [1.29, 1.82) is 0 Å². The number of benzene rings is 1. The minimum Gasteiger partial charge on any atom is -0.326 e. The maximum atomic E-state index is 12.6. The van der Waals surface area contributed by atoms with Gasteiger partial charge in [-0.3, -0.25) is 14.6 Å². The van der Waals surface area contributed by atoms with Gasteiger partial charge in [-0.2, -0.15) is 0 Å². The van der Waals surface area contributed by atoms with Crippen molar-refractivity contribution in [1.82, 2.24) is 4.98 Å². The first-order chi connectivity index (χ1) is 9.65. The number of anilines is 1. The van der Waals surface area contributed by atoms with Gasteiger partial charge in [0.25, 0.3) is 0 Å². The monoisotopic (exact) mass is 266 g/mol. The molecule has 1 aliphatic carbocycles. The summed E-state index contributed by atoms with van der Waals surface area (Å²) in [5.41, 5.74) is 3.81. The summed E-state index contributed by atoms with van der Waals surface area (Å²) in [6, 6.07) is 9.08. The van der Waals surface area contributed by atoms with Crippen molar-refractivity contribution in [3.8, 4) is 0 Å². The van der Waals surface area contributed by atoms with Gasteiger partial charge in [0.15, 0.2) is 5.78 Å². The fourth-order valence-electron chi connectivity index (χ4n) is 2.53. The molecule has 0 radical (unpaired) electrons. The van der Waals surface area contributed by atoms with Crippen molar-refractivity contribution in [3.05, 3.63) is 58.9 Å². The van der Waals surface area contributed by atoms with E-state index in [9.17, 15) is 9.59 Å². The van der Waals surface area contributed by atoms with E-state index in [1.54, 1.807) is 18.3 Å². The zero-order valence-corrected chi connectivity index (χ0v) is 11.1. The van der Waals surface area contributed by atoms with Crippen LogP contribution in [0.1, 0.15) is 34.1 Å². The number of hydrogen-bond acceptors (Lipinski definition) is 3. The van der Waals surface area contributed by atoms with E-state index in [4.69, 9.17) is 0 Å². The molecule has 0 bridgehead atoms. The molecular formula is C16H14N2O2. The van der Waals surface area contributed by atoms with Crippen LogP contribution in [0.25, 0.3) is 0 Å². The Balaban J connectivity index is 2.08. The summed E-state index contributed by atoms with van der Waals surface area (Å²) in [6.07, 6.45) is 3.25. The van der Waals surface area contributed by atoms with Gasteiger partial charge < -0.3 is 5.32 Å². The summed E-state index contributed by atoms with van der Waals surface area (Å²) in [4.78, 5) is 28.0. The highest BCUT2D eigenvalue weighted by Gasteiger charge is 2.21. The van der Waals surface area contributed by atoms with Gasteiger partial charge in [-0.1, -0.05) is 6.07 Å². The van der Waals surface area contributed by atoms with E-state index < -0.39 is 0 Å². The lowest BCUT2D eigenvalue weighted by Crippen LogP contribution is -2.09. The standard InChI is InChI=1S/C16H14N2O2/c1-10(19)18-12-6-4-11-5-7-15-13(3-2-8-17-15)16(20)14(11)9-12/h2-4,6,8-9H,5,7H2,1H3,(H,18,19). The zero-order chi connectivity index (χ0) is 14.1. The van der Waals surface area contributed by atoms with Crippen LogP contribution in [0.15, 0.2) is 36.5 Å². The molecule has 1 amide bonds. The van der Waals surface area contributed by atoms with Crippen LogP contribution in [0.4, 0.5) is 5.69 Å². The van der Waals surface area contributed by atoms with Crippen LogP contribution < -0.4 is 5.32 Å². The molecule has 1 aromatic carbocycles. The Bertz CT molecular complexity index is 707. The van der Waals surface area contributed by atoms with Gasteiger partial charge in [0.05, 0.1) is 5.69 Å². The maximum Gasteiger partial charge on any atom is 0.221 e. The minimum absolute atomic E-state index is 0.0206. The Hall–Kier alpha value is -2.49. The topological polar surface area (TPSA) is 59.1 Å². The summed E-state index contributed by atoms with van der Waals surface area (Å²) in [5.74, 6) is -0.166. The molecule has 3 rings (SSSR count). The van der Waals surface area contributed by atoms with Crippen molar-refractivity contribution in [2.75, 3.05) is 5.32 Å². The Kier molecular flexibility index (Phi) is 3.06. The van der Waals surface area contributed by atoms with Gasteiger partial charge in [0.2, 0.25) is 5.91 Å². The predicted octanol–water partition coefficient (Wildman–Crippen LogP) is 2.37. The average Bonchev–Trinajstić information content (AvgIpc) is 2.57. The second-order valence-corrected chi connectivity index (χ2v) is 4.88. The number of carbonyl (C=O) groups is 2. The van der Waals surface area contributed by atoms with Gasteiger partial charge in [-0.15, -0.1) is 0 Å². The van der Waals surface area contributed by atoms with Crippen LogP contribution in [-0.2, 0) is 17.6 Å². The van der Waals surface area contributed by atoms with Crippen LogP contribution in [0.2, 0.25) is 0 Å². The second-order valence-electron chi connectivity index (χ2n) is 4.88. The number of aromatic nitrogens is 1. The number of amides is 1. The van der Waals surface area contributed by atoms with Crippen molar-refractivity contribution in [2.45, 2.75) is 19.8 Å². The van der Waals surface area contributed by atoms with Gasteiger partial charge in [-0.05, 0) is 42.7 Å². The molecule has 0 saturated heterocycles. The van der Waals surface area contributed by atoms with Crippen molar-refractivity contribution in [2.24, 2.45) is 0 Å². The highest BCUT2D eigenvalue weighted by Crippen LogP contribution is 2.25. The molecule has 0 fully saturated rings. The maximum absolute atomic E-state index is 12.6. The molecule has 1 N–H and O–H groups in total. The molecule has 2 aromatic rings. The summed E-state index contributed by atoms with van der Waals surface area (Å²) in [7, 11) is 0. The predicted molar refractivity (Wildman–Crippen MR) is 75.8 cm³/mol. The minimum atomic E-state index is -0.145. The first-order valence-electron chi connectivity index (χ1n) is 6.54. The van der Waals surface area contributed by atoms with Gasteiger partial charge in [0, 0.05) is 29.9 Å². The van der Waals surface area contributed by atoms with Crippen molar-refractivity contribution >= 4 is 17.4 Å².